The van der Waals surface area contributed by atoms with Crippen molar-refractivity contribution in [2.24, 2.45) is 11.0 Å². The average Bonchev–Trinajstić information content (AvgIpc) is 3.31. The van der Waals surface area contributed by atoms with Crippen molar-refractivity contribution < 1.29 is 23.8 Å². The molecular weight excluding hydrogens is 478 g/mol. The van der Waals surface area contributed by atoms with Crippen LogP contribution in [-0.2, 0) is 17.6 Å². The van der Waals surface area contributed by atoms with E-state index in [2.05, 4.69) is 22.8 Å². The highest BCUT2D eigenvalue weighted by atomic mass is 32.1. The van der Waals surface area contributed by atoms with Gasteiger partial charge in [0.2, 0.25) is 0 Å². The van der Waals surface area contributed by atoms with Gasteiger partial charge < -0.3 is 19.5 Å². The third kappa shape index (κ3) is 6.42. The van der Waals surface area contributed by atoms with E-state index in [0.717, 1.165) is 12.8 Å². The maximum absolute atomic E-state index is 12.5. The van der Waals surface area contributed by atoms with Gasteiger partial charge in [0.15, 0.2) is 18.1 Å². The maximum Gasteiger partial charge on any atom is 0.281 e. The number of thiophene rings is 1. The number of rotatable bonds is 9. The molecule has 1 aliphatic carbocycles. The van der Waals surface area contributed by atoms with Crippen LogP contribution >= 0.6 is 11.3 Å². The van der Waals surface area contributed by atoms with Gasteiger partial charge >= 0.3 is 0 Å². The Kier molecular flexibility index (Phi) is 8.22. The number of methoxy groups -OCH3 is 2. The number of carbonyl (C=O) groups is 2. The second-order valence-electron chi connectivity index (χ2n) is 8.58. The van der Waals surface area contributed by atoms with Gasteiger partial charge in [-0.25, -0.2) is 5.43 Å². The largest absolute Gasteiger partial charge is 0.497 e. The summed E-state index contributed by atoms with van der Waals surface area (Å²) in [4.78, 5) is 26.7. The van der Waals surface area contributed by atoms with Gasteiger partial charge in [-0.3, -0.25) is 9.59 Å². The number of amides is 2. The van der Waals surface area contributed by atoms with Crippen molar-refractivity contribution in [1.29, 1.82) is 0 Å². The number of nitrogens with one attached hydrogen (secondary N) is 2. The van der Waals surface area contributed by atoms with E-state index in [-0.39, 0.29) is 18.4 Å². The quantitative estimate of drug-likeness (QED) is 0.324. The Labute approximate surface area is 214 Å². The Hall–Kier alpha value is -3.85. The molecule has 1 heterocycles. The van der Waals surface area contributed by atoms with Crippen LogP contribution in [-0.4, -0.2) is 38.9 Å². The van der Waals surface area contributed by atoms with E-state index in [1.54, 1.807) is 60.9 Å². The molecule has 0 bridgehead atoms. The molecule has 36 heavy (non-hydrogen) atoms. The molecule has 0 radical (unpaired) electrons. The number of hydrazone groups is 1. The van der Waals surface area contributed by atoms with Gasteiger partial charge in [0.05, 0.1) is 25.3 Å². The zero-order chi connectivity index (χ0) is 25.5. The van der Waals surface area contributed by atoms with E-state index in [0.29, 0.717) is 39.3 Å². The highest BCUT2D eigenvalue weighted by Gasteiger charge is 2.20. The van der Waals surface area contributed by atoms with Gasteiger partial charge in [0.1, 0.15) is 5.75 Å². The van der Waals surface area contributed by atoms with E-state index >= 15 is 0 Å². The van der Waals surface area contributed by atoms with Gasteiger partial charge in [0.25, 0.3) is 11.8 Å². The first-order chi connectivity index (χ1) is 17.4. The fraction of sp³-hybridized carbons (Fsp3) is 0.296. The third-order valence-electron chi connectivity index (χ3n) is 5.85. The minimum absolute atomic E-state index is 0.185. The first-order valence-electron chi connectivity index (χ1n) is 11.6. The molecule has 1 aromatic heterocycles. The Morgan fingerprint density at radius 3 is 2.64 bits per heavy atom. The number of anilines is 1. The molecule has 2 aromatic carbocycles. The molecule has 1 aliphatic rings. The summed E-state index contributed by atoms with van der Waals surface area (Å²) in [5, 5.41) is 6.85. The van der Waals surface area contributed by atoms with E-state index in [9.17, 15) is 9.59 Å². The Morgan fingerprint density at radius 2 is 1.89 bits per heavy atom. The van der Waals surface area contributed by atoms with Gasteiger partial charge in [-0.15, -0.1) is 11.3 Å². The minimum Gasteiger partial charge on any atom is -0.497 e. The molecule has 2 amide bonds. The third-order valence-corrected chi connectivity index (χ3v) is 7.09. The van der Waals surface area contributed by atoms with E-state index in [4.69, 9.17) is 14.2 Å². The van der Waals surface area contributed by atoms with Crippen LogP contribution in [0.5, 0.6) is 17.2 Å². The second-order valence-corrected chi connectivity index (χ2v) is 9.72. The summed E-state index contributed by atoms with van der Waals surface area (Å²) in [6.07, 6.45) is 4.77. The second kappa shape index (κ2) is 11.7. The summed E-state index contributed by atoms with van der Waals surface area (Å²) < 4.78 is 16.1. The smallest absolute Gasteiger partial charge is 0.281 e. The maximum atomic E-state index is 12.5. The van der Waals surface area contributed by atoms with Crippen LogP contribution in [0.4, 0.5) is 5.69 Å². The molecular formula is C27H29N3O5S. The number of ether oxygens (including phenoxy) is 3. The zero-order valence-electron chi connectivity index (χ0n) is 20.5. The zero-order valence-corrected chi connectivity index (χ0v) is 21.3. The lowest BCUT2D eigenvalue weighted by atomic mass is 9.90. The molecule has 188 valence electrons. The minimum atomic E-state index is -0.305. The molecule has 2 N–H and O–H groups in total. The lowest BCUT2D eigenvalue weighted by molar-refractivity contribution is -0.118. The highest BCUT2D eigenvalue weighted by molar-refractivity contribution is 7.14. The van der Waals surface area contributed by atoms with Crippen LogP contribution in [0.1, 0.15) is 39.0 Å². The molecule has 9 heteroatoms. The van der Waals surface area contributed by atoms with Gasteiger partial charge in [-0.2, -0.15) is 5.10 Å². The van der Waals surface area contributed by atoms with Crippen LogP contribution in [0, 0.1) is 5.92 Å². The molecule has 0 unspecified atom stereocenters. The van der Waals surface area contributed by atoms with Crippen molar-refractivity contribution in [3.05, 3.63) is 69.4 Å². The predicted octanol–water partition coefficient (Wildman–Crippen LogP) is 4.67. The molecule has 1 atom stereocenters. The Balaban J connectivity index is 1.30. The molecule has 0 saturated heterocycles. The summed E-state index contributed by atoms with van der Waals surface area (Å²) in [5.74, 6) is 1.71. The van der Waals surface area contributed by atoms with Crippen LogP contribution in [0.3, 0.4) is 0 Å². The van der Waals surface area contributed by atoms with E-state index in [1.165, 1.54) is 30.2 Å². The summed E-state index contributed by atoms with van der Waals surface area (Å²) in [6, 6.07) is 14.2. The molecule has 0 aliphatic heterocycles. The number of nitrogens with zero attached hydrogens (tertiary/aromatic N) is 1. The van der Waals surface area contributed by atoms with Crippen molar-refractivity contribution in [3.8, 4) is 17.2 Å². The molecule has 4 rings (SSSR count). The molecule has 3 aromatic rings. The van der Waals surface area contributed by atoms with Crippen molar-refractivity contribution in [2.45, 2.75) is 26.2 Å². The van der Waals surface area contributed by atoms with Gasteiger partial charge in [-0.05, 0) is 84.8 Å². The average molecular weight is 508 g/mol. The summed E-state index contributed by atoms with van der Waals surface area (Å²) in [6.45, 7) is 2.06. The number of benzene rings is 2. The number of hydrogen-bond donors (Lipinski definition) is 2. The first kappa shape index (κ1) is 25.2. The fourth-order valence-electron chi connectivity index (χ4n) is 3.94. The van der Waals surface area contributed by atoms with E-state index < -0.39 is 0 Å². The molecule has 8 nitrogen and oxygen atoms in total. The van der Waals surface area contributed by atoms with Crippen molar-refractivity contribution >= 4 is 35.1 Å². The van der Waals surface area contributed by atoms with Gasteiger partial charge in [-0.1, -0.05) is 6.92 Å². The Bertz CT molecular complexity index is 1250. The van der Waals surface area contributed by atoms with Crippen LogP contribution < -0.4 is 25.0 Å². The van der Waals surface area contributed by atoms with Crippen LogP contribution in [0.15, 0.2) is 53.6 Å². The first-order valence-corrected chi connectivity index (χ1v) is 12.5. The number of fused-ring (bicyclic) bond motifs is 1. The van der Waals surface area contributed by atoms with Crippen molar-refractivity contribution in [1.82, 2.24) is 5.43 Å². The SMILES string of the molecule is COc1ccc(NC(=O)COc2ccc(/C=N\NC(=O)c3cc4c(s3)CC[C@H](C)C4)cc2OC)cc1. The van der Waals surface area contributed by atoms with Crippen molar-refractivity contribution in [3.63, 3.8) is 0 Å². The van der Waals surface area contributed by atoms with Crippen LogP contribution in [0.2, 0.25) is 0 Å². The van der Waals surface area contributed by atoms with Gasteiger partial charge in [0, 0.05) is 10.6 Å². The molecule has 0 fully saturated rings. The summed E-state index contributed by atoms with van der Waals surface area (Å²) in [5.41, 5.74) is 5.23. The monoisotopic (exact) mass is 507 g/mol. The predicted molar refractivity (Wildman–Crippen MR) is 141 cm³/mol. The number of aryl methyl sites for hydroxylation is 1. The topological polar surface area (TPSA) is 98.3 Å². The summed E-state index contributed by atoms with van der Waals surface area (Å²) in [7, 11) is 3.10. The normalized spacial score (nSPS) is 14.7. The molecule has 0 spiro atoms. The van der Waals surface area contributed by atoms with E-state index in [1.807, 2.05) is 6.07 Å². The fourth-order valence-corrected chi connectivity index (χ4v) is 5.03. The summed E-state index contributed by atoms with van der Waals surface area (Å²) >= 11 is 1.55. The molecule has 0 saturated carbocycles. The highest BCUT2D eigenvalue weighted by Crippen LogP contribution is 2.32. The Morgan fingerprint density at radius 1 is 1.08 bits per heavy atom. The van der Waals surface area contributed by atoms with Crippen molar-refractivity contribution in [2.75, 3.05) is 26.1 Å². The van der Waals surface area contributed by atoms with Crippen LogP contribution in [0.25, 0.3) is 0 Å². The number of carbonyl (C=O) groups excluding carboxylic acids is 2. The number of hydrogen-bond acceptors (Lipinski definition) is 7. The lowest BCUT2D eigenvalue weighted by Gasteiger charge is -2.16. The lowest BCUT2D eigenvalue weighted by Crippen LogP contribution is -2.20. The standard InChI is InChI=1S/C27H29N3O5S/c1-17-4-11-24-19(12-17)14-25(36-24)27(32)30-28-15-18-5-10-22(23(13-18)34-3)35-16-26(31)29-20-6-8-21(33-2)9-7-20/h5-10,13-15,17H,4,11-12,16H2,1-3H3,(H,29,31)(H,30,32)/b28-15-/t17-/m0/s1.